The molecular weight excluding hydrogens is 315 g/mol. The zero-order valence-electron chi connectivity index (χ0n) is 9.13. The van der Waals surface area contributed by atoms with Crippen molar-refractivity contribution in [3.63, 3.8) is 0 Å². The van der Waals surface area contributed by atoms with Crippen molar-refractivity contribution in [2.45, 2.75) is 6.92 Å². The molecule has 0 saturated heterocycles. The van der Waals surface area contributed by atoms with Crippen molar-refractivity contribution in [3.8, 4) is 0 Å². The van der Waals surface area contributed by atoms with Gasteiger partial charge in [-0.25, -0.2) is 0 Å². The second kappa shape index (κ2) is 5.45. The Hall–Kier alpha value is -0.810. The SMILES string of the molecule is Cc1cc(Cl)ccc1C(=O)Nc1snc(Cl)c1Cl. The summed E-state index contributed by atoms with van der Waals surface area (Å²) in [6.45, 7) is 1.81. The van der Waals surface area contributed by atoms with E-state index >= 15 is 0 Å². The molecule has 1 aromatic heterocycles. The number of hydrogen-bond acceptors (Lipinski definition) is 3. The summed E-state index contributed by atoms with van der Waals surface area (Å²) in [5.74, 6) is -0.272. The highest BCUT2D eigenvalue weighted by Gasteiger charge is 2.15. The maximum Gasteiger partial charge on any atom is 0.256 e. The summed E-state index contributed by atoms with van der Waals surface area (Å²) in [6, 6.07) is 5.03. The highest BCUT2D eigenvalue weighted by molar-refractivity contribution is 7.11. The summed E-state index contributed by atoms with van der Waals surface area (Å²) in [4.78, 5) is 12.0. The number of hydrogen-bond donors (Lipinski definition) is 1. The zero-order chi connectivity index (χ0) is 13.3. The summed E-state index contributed by atoms with van der Waals surface area (Å²) in [7, 11) is 0. The molecule has 2 aromatic rings. The molecule has 1 heterocycles. The molecule has 1 amide bonds. The molecule has 0 unspecified atom stereocenters. The first-order valence-electron chi connectivity index (χ1n) is 4.87. The van der Waals surface area contributed by atoms with Crippen LogP contribution in [0.15, 0.2) is 18.2 Å². The van der Waals surface area contributed by atoms with Gasteiger partial charge >= 0.3 is 0 Å². The van der Waals surface area contributed by atoms with E-state index in [1.54, 1.807) is 18.2 Å². The van der Waals surface area contributed by atoms with Gasteiger partial charge in [0.25, 0.3) is 5.91 Å². The summed E-state index contributed by atoms with van der Waals surface area (Å²) in [6.07, 6.45) is 0. The van der Waals surface area contributed by atoms with Crippen molar-refractivity contribution in [2.24, 2.45) is 0 Å². The van der Waals surface area contributed by atoms with E-state index in [9.17, 15) is 4.79 Å². The molecule has 0 aliphatic heterocycles. The maximum absolute atomic E-state index is 12.0. The predicted octanol–water partition coefficient (Wildman–Crippen LogP) is 4.66. The number of nitrogens with one attached hydrogen (secondary N) is 1. The van der Waals surface area contributed by atoms with Crippen LogP contribution in [0.4, 0.5) is 5.00 Å². The molecule has 0 radical (unpaired) electrons. The van der Waals surface area contributed by atoms with Crippen LogP contribution in [0.2, 0.25) is 15.2 Å². The quantitative estimate of drug-likeness (QED) is 0.873. The predicted molar refractivity (Wildman–Crippen MR) is 76.3 cm³/mol. The van der Waals surface area contributed by atoms with Gasteiger partial charge in [0.2, 0.25) is 0 Å². The Morgan fingerprint density at radius 2 is 2.06 bits per heavy atom. The molecular formula is C11H7Cl3N2OS. The van der Waals surface area contributed by atoms with Crippen LogP contribution in [-0.4, -0.2) is 10.3 Å². The number of carbonyl (C=O) groups is 1. The van der Waals surface area contributed by atoms with Crippen LogP contribution >= 0.6 is 46.3 Å². The molecule has 3 nitrogen and oxygen atoms in total. The molecule has 0 aliphatic carbocycles. The van der Waals surface area contributed by atoms with Gasteiger partial charge in [-0.3, -0.25) is 4.79 Å². The first-order chi connectivity index (χ1) is 8.49. The van der Waals surface area contributed by atoms with E-state index in [0.29, 0.717) is 15.6 Å². The van der Waals surface area contributed by atoms with Gasteiger partial charge in [0.05, 0.1) is 0 Å². The van der Waals surface area contributed by atoms with Gasteiger partial charge in [-0.15, -0.1) is 0 Å². The zero-order valence-corrected chi connectivity index (χ0v) is 12.2. The Kier molecular flexibility index (Phi) is 4.12. The van der Waals surface area contributed by atoms with Gasteiger partial charge in [0.15, 0.2) is 5.15 Å². The smallest absolute Gasteiger partial charge is 0.256 e. The largest absolute Gasteiger partial charge is 0.311 e. The lowest BCUT2D eigenvalue weighted by molar-refractivity contribution is 0.102. The lowest BCUT2D eigenvalue weighted by Crippen LogP contribution is -2.12. The summed E-state index contributed by atoms with van der Waals surface area (Å²) in [5, 5.41) is 4.12. The molecule has 94 valence electrons. The van der Waals surface area contributed by atoms with E-state index < -0.39 is 0 Å². The normalized spacial score (nSPS) is 10.4. The minimum atomic E-state index is -0.272. The van der Waals surface area contributed by atoms with E-state index in [1.807, 2.05) is 6.92 Å². The Bertz CT molecular complexity index is 612. The van der Waals surface area contributed by atoms with Crippen LogP contribution in [0.25, 0.3) is 0 Å². The Morgan fingerprint density at radius 3 is 2.61 bits per heavy atom. The van der Waals surface area contributed by atoms with Gasteiger partial charge < -0.3 is 5.32 Å². The maximum atomic E-state index is 12.0. The lowest BCUT2D eigenvalue weighted by Gasteiger charge is -2.06. The number of carbonyl (C=O) groups excluding carboxylic acids is 1. The van der Waals surface area contributed by atoms with Gasteiger partial charge in [-0.2, -0.15) is 4.37 Å². The van der Waals surface area contributed by atoms with Crippen LogP contribution in [0, 0.1) is 6.92 Å². The molecule has 18 heavy (non-hydrogen) atoms. The second-order valence-electron chi connectivity index (χ2n) is 3.53. The van der Waals surface area contributed by atoms with E-state index in [1.165, 1.54) is 0 Å². The number of nitrogens with zero attached hydrogens (tertiary/aromatic N) is 1. The van der Waals surface area contributed by atoms with E-state index in [-0.39, 0.29) is 16.1 Å². The third-order valence-electron chi connectivity index (χ3n) is 2.26. The van der Waals surface area contributed by atoms with Crippen LogP contribution in [-0.2, 0) is 0 Å². The van der Waals surface area contributed by atoms with Crippen molar-refractivity contribution in [3.05, 3.63) is 44.5 Å². The van der Waals surface area contributed by atoms with Crippen LogP contribution in [0.1, 0.15) is 15.9 Å². The average molecular weight is 322 g/mol. The van der Waals surface area contributed by atoms with Gasteiger partial charge in [0.1, 0.15) is 10.0 Å². The fourth-order valence-electron chi connectivity index (χ4n) is 1.39. The number of aryl methyl sites for hydroxylation is 1. The monoisotopic (exact) mass is 320 g/mol. The van der Waals surface area contributed by atoms with Crippen molar-refractivity contribution < 1.29 is 4.79 Å². The van der Waals surface area contributed by atoms with Crippen LogP contribution in [0.5, 0.6) is 0 Å². The molecule has 0 atom stereocenters. The summed E-state index contributed by atoms with van der Waals surface area (Å²) in [5.41, 5.74) is 1.31. The van der Waals surface area contributed by atoms with Crippen LogP contribution < -0.4 is 5.32 Å². The highest BCUT2D eigenvalue weighted by Crippen LogP contribution is 2.33. The number of amides is 1. The number of anilines is 1. The lowest BCUT2D eigenvalue weighted by atomic mass is 10.1. The molecule has 1 N–H and O–H groups in total. The number of rotatable bonds is 2. The first-order valence-corrected chi connectivity index (χ1v) is 6.78. The molecule has 0 bridgehead atoms. The topological polar surface area (TPSA) is 42.0 Å². The Balaban J connectivity index is 2.25. The average Bonchev–Trinajstić information content (AvgIpc) is 2.61. The molecule has 7 heteroatoms. The van der Waals surface area contributed by atoms with Gasteiger partial charge in [-0.1, -0.05) is 34.8 Å². The second-order valence-corrected chi connectivity index (χ2v) is 5.48. The molecule has 1 aromatic carbocycles. The first kappa shape index (κ1) is 13.6. The van der Waals surface area contributed by atoms with Crippen LogP contribution in [0.3, 0.4) is 0 Å². The number of benzene rings is 1. The molecule has 0 saturated carbocycles. The number of aromatic nitrogens is 1. The molecule has 0 fully saturated rings. The standard InChI is InChI=1S/C11H7Cl3N2OS/c1-5-4-6(12)2-3-7(5)10(17)15-11-8(13)9(14)16-18-11/h2-4H,1H3,(H,15,17). The third-order valence-corrected chi connectivity index (χ3v) is 4.21. The van der Waals surface area contributed by atoms with Gasteiger partial charge in [-0.05, 0) is 42.2 Å². The van der Waals surface area contributed by atoms with Crippen molar-refractivity contribution in [1.29, 1.82) is 0 Å². The van der Waals surface area contributed by atoms with Crippen molar-refractivity contribution >= 4 is 57.2 Å². The number of halogens is 3. The van der Waals surface area contributed by atoms with Gasteiger partial charge in [0, 0.05) is 10.6 Å². The van der Waals surface area contributed by atoms with E-state index in [4.69, 9.17) is 34.8 Å². The highest BCUT2D eigenvalue weighted by atomic mass is 35.5. The fraction of sp³-hybridized carbons (Fsp3) is 0.0909. The summed E-state index contributed by atoms with van der Waals surface area (Å²) >= 11 is 18.5. The molecule has 0 spiro atoms. The van der Waals surface area contributed by atoms with E-state index in [0.717, 1.165) is 17.1 Å². The van der Waals surface area contributed by atoms with Crippen molar-refractivity contribution in [2.75, 3.05) is 5.32 Å². The third kappa shape index (κ3) is 2.78. The minimum absolute atomic E-state index is 0.185. The molecule has 2 rings (SSSR count). The Labute approximate surface area is 123 Å². The summed E-state index contributed by atoms with van der Waals surface area (Å²) < 4.78 is 3.84. The van der Waals surface area contributed by atoms with Crippen molar-refractivity contribution in [1.82, 2.24) is 4.37 Å². The minimum Gasteiger partial charge on any atom is -0.311 e. The Morgan fingerprint density at radius 1 is 1.33 bits per heavy atom. The fourth-order valence-corrected chi connectivity index (χ4v) is 2.69. The van der Waals surface area contributed by atoms with E-state index in [2.05, 4.69) is 9.69 Å². The molecule has 0 aliphatic rings.